The van der Waals surface area contributed by atoms with E-state index in [2.05, 4.69) is 19.9 Å². The number of aromatic hydroxyl groups is 2. The predicted octanol–water partition coefficient (Wildman–Crippen LogP) is 4.56. The number of rotatable bonds is 5. The number of Topliss-reactive ketones (excluding diaryl/α,β-unsaturated/α-hetero) is 1. The van der Waals surface area contributed by atoms with Gasteiger partial charge in [-0.1, -0.05) is 23.3 Å². The van der Waals surface area contributed by atoms with E-state index >= 15 is 0 Å². The number of ether oxygens (including phenoxy) is 1. The summed E-state index contributed by atoms with van der Waals surface area (Å²) in [6, 6.07) is 0. The molecule has 0 saturated heterocycles. The Balaban J connectivity index is 2.45. The van der Waals surface area contributed by atoms with Gasteiger partial charge in [-0.25, -0.2) is 0 Å². The minimum atomic E-state index is -1.70. The lowest BCUT2D eigenvalue weighted by molar-refractivity contribution is -0.152. The van der Waals surface area contributed by atoms with Gasteiger partial charge in [0.1, 0.15) is 22.8 Å². The summed E-state index contributed by atoms with van der Waals surface area (Å²) < 4.78 is 5.67. The molecular weight excluding hydrogens is 344 g/mol. The molecule has 0 spiro atoms. The molecule has 3 N–H and O–H groups in total. The second-order valence-electron chi connectivity index (χ2n) is 7.82. The fourth-order valence-corrected chi connectivity index (χ4v) is 3.14. The molecule has 1 aromatic rings. The number of phenols is 2. The van der Waals surface area contributed by atoms with E-state index in [1.54, 1.807) is 13.8 Å². The minimum absolute atomic E-state index is 0.0370. The SMILES string of the molecule is CC(C)=CCCC(C)=CCc1c(O)c(C)c(O)c2c1O[C@](C)(O)C(C)C2=O. The first-order valence-electron chi connectivity index (χ1n) is 9.29. The summed E-state index contributed by atoms with van der Waals surface area (Å²) in [4.78, 5) is 12.7. The van der Waals surface area contributed by atoms with Gasteiger partial charge in [-0.05, 0) is 53.9 Å². The zero-order valence-corrected chi connectivity index (χ0v) is 17.0. The number of aliphatic hydroxyl groups is 1. The highest BCUT2D eigenvalue weighted by Crippen LogP contribution is 2.48. The van der Waals surface area contributed by atoms with Crippen molar-refractivity contribution in [2.45, 2.75) is 66.6 Å². The second kappa shape index (κ2) is 7.77. The van der Waals surface area contributed by atoms with Gasteiger partial charge in [0.25, 0.3) is 0 Å². The highest BCUT2D eigenvalue weighted by Gasteiger charge is 2.45. The average molecular weight is 374 g/mol. The topological polar surface area (TPSA) is 87.0 Å². The summed E-state index contributed by atoms with van der Waals surface area (Å²) in [6.45, 7) is 10.7. The number of carbonyl (C=O) groups excluding carboxylic acids is 1. The second-order valence-corrected chi connectivity index (χ2v) is 7.82. The molecule has 1 aliphatic heterocycles. The van der Waals surface area contributed by atoms with E-state index in [0.717, 1.165) is 18.4 Å². The van der Waals surface area contributed by atoms with Crippen molar-refractivity contribution in [1.82, 2.24) is 0 Å². The van der Waals surface area contributed by atoms with Crippen molar-refractivity contribution in [1.29, 1.82) is 0 Å². The van der Waals surface area contributed by atoms with Gasteiger partial charge in [-0.15, -0.1) is 0 Å². The van der Waals surface area contributed by atoms with Crippen molar-refractivity contribution in [3.05, 3.63) is 40.0 Å². The molecule has 0 saturated carbocycles. The summed E-state index contributed by atoms with van der Waals surface area (Å²) in [7, 11) is 0. The molecule has 0 aromatic heterocycles. The van der Waals surface area contributed by atoms with Crippen LogP contribution in [0.5, 0.6) is 17.2 Å². The third-order valence-corrected chi connectivity index (χ3v) is 5.23. The Hall–Kier alpha value is -2.27. The Morgan fingerprint density at radius 3 is 2.41 bits per heavy atom. The van der Waals surface area contributed by atoms with Crippen LogP contribution >= 0.6 is 0 Å². The number of hydrogen-bond acceptors (Lipinski definition) is 5. The maximum absolute atomic E-state index is 12.7. The van der Waals surface area contributed by atoms with Crippen LogP contribution in [0.4, 0.5) is 0 Å². The molecule has 5 heteroatoms. The number of hydrogen-bond donors (Lipinski definition) is 3. The van der Waals surface area contributed by atoms with Gasteiger partial charge in [-0.2, -0.15) is 0 Å². The van der Waals surface area contributed by atoms with Crippen molar-refractivity contribution < 1.29 is 24.9 Å². The number of phenolic OH excluding ortho intramolecular Hbond substituents is 2. The molecule has 1 aliphatic rings. The van der Waals surface area contributed by atoms with Crippen LogP contribution in [0.15, 0.2) is 23.3 Å². The Kier molecular flexibility index (Phi) is 6.05. The van der Waals surface area contributed by atoms with Gasteiger partial charge >= 0.3 is 0 Å². The molecule has 1 unspecified atom stereocenters. The van der Waals surface area contributed by atoms with Gasteiger partial charge in [0.15, 0.2) is 5.78 Å². The lowest BCUT2D eigenvalue weighted by Gasteiger charge is -2.37. The third-order valence-electron chi connectivity index (χ3n) is 5.23. The molecule has 0 radical (unpaired) electrons. The van der Waals surface area contributed by atoms with Crippen molar-refractivity contribution in [3.63, 3.8) is 0 Å². The third kappa shape index (κ3) is 4.19. The molecule has 27 heavy (non-hydrogen) atoms. The Labute approximate surface area is 161 Å². The first-order valence-corrected chi connectivity index (χ1v) is 9.29. The van der Waals surface area contributed by atoms with Crippen LogP contribution < -0.4 is 4.74 Å². The molecule has 1 heterocycles. The number of allylic oxidation sites excluding steroid dienone is 4. The molecule has 2 atom stereocenters. The van der Waals surface area contributed by atoms with Gasteiger partial charge in [-0.3, -0.25) is 4.79 Å². The standard InChI is InChI=1S/C22H30O5/c1-12(2)8-7-9-13(3)10-11-16-18(23)14(4)19(24)17-20(25)15(5)22(6,26)27-21(16)17/h8,10,15,23-24,26H,7,9,11H2,1-6H3/t15?,22-/m0/s1. The van der Waals surface area contributed by atoms with Crippen LogP contribution in [0.3, 0.4) is 0 Å². The van der Waals surface area contributed by atoms with Crippen molar-refractivity contribution in [2.75, 3.05) is 0 Å². The largest absolute Gasteiger partial charge is 0.507 e. The molecule has 0 amide bonds. The van der Waals surface area contributed by atoms with E-state index in [1.807, 2.05) is 13.0 Å². The summed E-state index contributed by atoms with van der Waals surface area (Å²) in [6.07, 6.45) is 6.31. The van der Waals surface area contributed by atoms with E-state index in [1.165, 1.54) is 12.5 Å². The Morgan fingerprint density at radius 1 is 1.19 bits per heavy atom. The zero-order valence-electron chi connectivity index (χ0n) is 17.0. The molecule has 1 aromatic carbocycles. The molecule has 148 valence electrons. The van der Waals surface area contributed by atoms with Gasteiger partial charge in [0.2, 0.25) is 5.79 Å². The summed E-state index contributed by atoms with van der Waals surface area (Å²) in [5.74, 6) is -3.26. The number of ketones is 1. The predicted molar refractivity (Wildman–Crippen MR) is 105 cm³/mol. The highest BCUT2D eigenvalue weighted by molar-refractivity contribution is 6.05. The van der Waals surface area contributed by atoms with Gasteiger partial charge in [0.05, 0.1) is 5.92 Å². The van der Waals surface area contributed by atoms with E-state index in [4.69, 9.17) is 4.74 Å². The molecular formula is C22H30O5. The molecule has 0 bridgehead atoms. The van der Waals surface area contributed by atoms with Crippen LogP contribution in [-0.2, 0) is 6.42 Å². The quantitative estimate of drug-likeness (QED) is 0.658. The first-order chi connectivity index (χ1) is 12.5. The normalized spacial score (nSPS) is 22.3. The van der Waals surface area contributed by atoms with Crippen molar-refractivity contribution in [3.8, 4) is 17.2 Å². The average Bonchev–Trinajstić information content (AvgIpc) is 2.57. The Morgan fingerprint density at radius 2 is 1.81 bits per heavy atom. The lowest BCUT2D eigenvalue weighted by atomic mass is 9.85. The van der Waals surface area contributed by atoms with Crippen LogP contribution in [-0.4, -0.2) is 26.9 Å². The maximum Gasteiger partial charge on any atom is 0.215 e. The zero-order chi connectivity index (χ0) is 20.5. The number of carbonyl (C=O) groups is 1. The Bertz CT molecular complexity index is 811. The highest BCUT2D eigenvalue weighted by atomic mass is 16.6. The van der Waals surface area contributed by atoms with Gasteiger partial charge < -0.3 is 20.1 Å². The monoisotopic (exact) mass is 374 g/mol. The van der Waals surface area contributed by atoms with Crippen LogP contribution in [0.1, 0.15) is 68.9 Å². The van der Waals surface area contributed by atoms with Crippen LogP contribution in [0.2, 0.25) is 0 Å². The van der Waals surface area contributed by atoms with E-state index in [0.29, 0.717) is 12.0 Å². The van der Waals surface area contributed by atoms with Crippen molar-refractivity contribution >= 4 is 5.78 Å². The van der Waals surface area contributed by atoms with E-state index in [-0.39, 0.29) is 28.4 Å². The fraction of sp³-hybridized carbons (Fsp3) is 0.500. The number of fused-ring (bicyclic) bond motifs is 1. The molecule has 2 rings (SSSR count). The van der Waals surface area contributed by atoms with Crippen molar-refractivity contribution in [2.24, 2.45) is 5.92 Å². The summed E-state index contributed by atoms with van der Waals surface area (Å²) >= 11 is 0. The maximum atomic E-state index is 12.7. The lowest BCUT2D eigenvalue weighted by Crippen LogP contribution is -2.47. The minimum Gasteiger partial charge on any atom is -0.507 e. The van der Waals surface area contributed by atoms with Crippen LogP contribution in [0.25, 0.3) is 0 Å². The van der Waals surface area contributed by atoms with Gasteiger partial charge in [0, 0.05) is 18.1 Å². The molecule has 0 fully saturated rings. The molecule has 5 nitrogen and oxygen atoms in total. The van der Waals surface area contributed by atoms with E-state index in [9.17, 15) is 20.1 Å². The molecule has 0 aliphatic carbocycles. The fourth-order valence-electron chi connectivity index (χ4n) is 3.14. The first kappa shape index (κ1) is 21.0. The summed E-state index contributed by atoms with van der Waals surface area (Å²) in [5.41, 5.74) is 3.10. The van der Waals surface area contributed by atoms with Crippen LogP contribution in [0, 0.1) is 12.8 Å². The van der Waals surface area contributed by atoms with E-state index < -0.39 is 17.5 Å². The summed E-state index contributed by atoms with van der Waals surface area (Å²) in [5, 5.41) is 31.4. The number of benzene rings is 1. The smallest absolute Gasteiger partial charge is 0.215 e.